The molecule has 2 aliphatic rings. The molecule has 3 heterocycles. The fraction of sp³-hybridized carbons (Fsp3) is 0.0303. The molecule has 1 amide bonds. The Hall–Kier alpha value is -5.27. The molecule has 5 aromatic rings. The number of carbonyl (C=O) groups excluding carboxylic acids is 1. The van der Waals surface area contributed by atoms with E-state index in [0.717, 1.165) is 28.4 Å². The van der Waals surface area contributed by atoms with Crippen LogP contribution < -0.4 is 14.8 Å². The Morgan fingerprint density at radius 1 is 0.659 bits per heavy atom. The van der Waals surface area contributed by atoms with Crippen LogP contribution in [0.3, 0.4) is 0 Å². The molecule has 0 saturated carbocycles. The minimum Gasteiger partial charge on any atom is -0.277 e. The van der Waals surface area contributed by atoms with E-state index in [2.05, 4.69) is 10.0 Å². The largest absolute Gasteiger partial charge is 0.280 e. The number of carbonyl (C=O) groups is 1. The lowest BCUT2D eigenvalue weighted by Crippen LogP contribution is -2.23. The number of nitrogens with zero attached hydrogens (tertiary/aromatic N) is 6. The van der Waals surface area contributed by atoms with E-state index in [0.29, 0.717) is 33.5 Å². The van der Waals surface area contributed by atoms with Crippen LogP contribution in [0.4, 0.5) is 28.7 Å². The Labute approximate surface area is 241 Å². The summed E-state index contributed by atoms with van der Waals surface area (Å²) in [6.45, 7) is 1.85. The molecule has 4 aromatic carbocycles. The SMILES string of the molecule is CC1=NN(c2ccccc2)C(=O)/C1=C/C=C1/N(c2ccccc2)c2nc3ccc(Cl)cc3nc2N1c1ccccc1. The van der Waals surface area contributed by atoms with E-state index in [9.17, 15) is 4.79 Å². The van der Waals surface area contributed by atoms with E-state index in [-0.39, 0.29) is 5.91 Å². The number of hydrogen-bond acceptors (Lipinski definition) is 6. The second-order valence-electron chi connectivity index (χ2n) is 9.59. The topological polar surface area (TPSA) is 64.9 Å². The molecule has 1 aromatic heterocycles. The molecule has 41 heavy (non-hydrogen) atoms. The minimum atomic E-state index is -0.185. The Kier molecular flexibility index (Phi) is 6.06. The summed E-state index contributed by atoms with van der Waals surface area (Å²) in [7, 11) is 0. The number of anilines is 5. The van der Waals surface area contributed by atoms with Crippen LogP contribution in [-0.4, -0.2) is 21.6 Å². The van der Waals surface area contributed by atoms with E-state index >= 15 is 0 Å². The average Bonchev–Trinajstić information content (AvgIpc) is 3.48. The first-order valence-electron chi connectivity index (χ1n) is 13.1. The van der Waals surface area contributed by atoms with Gasteiger partial charge in [-0.25, -0.2) is 9.97 Å². The lowest BCUT2D eigenvalue weighted by Gasteiger charge is -2.24. The molecule has 198 valence electrons. The fourth-order valence-corrected chi connectivity index (χ4v) is 5.22. The van der Waals surface area contributed by atoms with Gasteiger partial charge in [0.2, 0.25) is 0 Å². The highest BCUT2D eigenvalue weighted by molar-refractivity contribution is 6.31. The number of rotatable bonds is 4. The van der Waals surface area contributed by atoms with Crippen LogP contribution >= 0.6 is 11.6 Å². The van der Waals surface area contributed by atoms with E-state index in [1.165, 1.54) is 5.01 Å². The summed E-state index contributed by atoms with van der Waals surface area (Å²) >= 11 is 6.32. The second kappa shape index (κ2) is 10.0. The third-order valence-corrected chi connectivity index (χ3v) is 7.20. The van der Waals surface area contributed by atoms with Gasteiger partial charge in [0.25, 0.3) is 5.91 Å². The van der Waals surface area contributed by atoms with Crippen LogP contribution in [0.25, 0.3) is 11.0 Å². The average molecular weight is 555 g/mol. The van der Waals surface area contributed by atoms with Crippen LogP contribution in [-0.2, 0) is 4.79 Å². The van der Waals surface area contributed by atoms with Crippen LogP contribution in [0, 0.1) is 0 Å². The van der Waals surface area contributed by atoms with Gasteiger partial charge in [-0.2, -0.15) is 10.1 Å². The van der Waals surface area contributed by atoms with Gasteiger partial charge in [-0.15, -0.1) is 0 Å². The van der Waals surface area contributed by atoms with Gasteiger partial charge in [-0.3, -0.25) is 14.6 Å². The van der Waals surface area contributed by atoms with E-state index < -0.39 is 0 Å². The first-order valence-corrected chi connectivity index (χ1v) is 13.5. The predicted molar refractivity (Wildman–Crippen MR) is 165 cm³/mol. The number of benzene rings is 4. The molecule has 0 radical (unpaired) electrons. The van der Waals surface area contributed by atoms with Gasteiger partial charge >= 0.3 is 0 Å². The van der Waals surface area contributed by atoms with Gasteiger partial charge in [0, 0.05) is 16.4 Å². The zero-order valence-electron chi connectivity index (χ0n) is 22.0. The highest BCUT2D eigenvalue weighted by Crippen LogP contribution is 2.48. The number of allylic oxidation sites excluding steroid dienone is 2. The number of halogens is 1. The predicted octanol–water partition coefficient (Wildman–Crippen LogP) is 7.76. The molecule has 0 N–H and O–H groups in total. The van der Waals surface area contributed by atoms with E-state index in [1.807, 2.05) is 133 Å². The third kappa shape index (κ3) is 4.33. The first kappa shape index (κ1) is 24.7. The van der Waals surface area contributed by atoms with Crippen molar-refractivity contribution in [2.45, 2.75) is 6.92 Å². The number of para-hydroxylation sites is 3. The molecule has 0 saturated heterocycles. The number of amides is 1. The highest BCUT2D eigenvalue weighted by Gasteiger charge is 2.37. The molecular formula is C33H23ClN6O. The molecule has 8 heteroatoms. The van der Waals surface area contributed by atoms with Crippen LogP contribution in [0.15, 0.2) is 138 Å². The molecule has 7 nitrogen and oxygen atoms in total. The lowest BCUT2D eigenvalue weighted by atomic mass is 10.1. The molecule has 0 spiro atoms. The van der Waals surface area contributed by atoms with Crippen molar-refractivity contribution in [1.82, 2.24) is 9.97 Å². The molecule has 0 atom stereocenters. The van der Waals surface area contributed by atoms with Crippen molar-refractivity contribution in [2.24, 2.45) is 5.10 Å². The van der Waals surface area contributed by atoms with Gasteiger partial charge in [0.1, 0.15) is 5.82 Å². The lowest BCUT2D eigenvalue weighted by molar-refractivity contribution is -0.114. The summed E-state index contributed by atoms with van der Waals surface area (Å²) in [5.41, 5.74) is 5.11. The van der Waals surface area contributed by atoms with Crippen LogP contribution in [0.2, 0.25) is 5.02 Å². The van der Waals surface area contributed by atoms with Crippen molar-refractivity contribution in [2.75, 3.05) is 14.8 Å². The zero-order valence-corrected chi connectivity index (χ0v) is 22.8. The summed E-state index contributed by atoms with van der Waals surface area (Å²) in [5, 5.41) is 6.57. The maximum Gasteiger partial charge on any atom is 0.280 e. The maximum absolute atomic E-state index is 13.5. The summed E-state index contributed by atoms with van der Waals surface area (Å²) < 4.78 is 0. The Morgan fingerprint density at radius 2 is 1.20 bits per heavy atom. The van der Waals surface area contributed by atoms with Crippen molar-refractivity contribution in [3.05, 3.63) is 138 Å². The Balaban J connectivity index is 1.42. The van der Waals surface area contributed by atoms with E-state index in [4.69, 9.17) is 21.6 Å². The maximum atomic E-state index is 13.5. The second-order valence-corrected chi connectivity index (χ2v) is 10.0. The quantitative estimate of drug-likeness (QED) is 0.212. The summed E-state index contributed by atoms with van der Waals surface area (Å²) in [4.78, 5) is 27.7. The fourth-order valence-electron chi connectivity index (χ4n) is 5.05. The summed E-state index contributed by atoms with van der Waals surface area (Å²) in [5.74, 6) is 1.92. The van der Waals surface area contributed by atoms with Gasteiger partial charge in [0.05, 0.1) is 28.0 Å². The molecule has 0 aliphatic carbocycles. The van der Waals surface area contributed by atoms with Gasteiger partial charge < -0.3 is 0 Å². The van der Waals surface area contributed by atoms with Crippen molar-refractivity contribution >= 4 is 63.0 Å². The number of hydrazone groups is 1. The molecule has 0 bridgehead atoms. The molecule has 0 fully saturated rings. The van der Waals surface area contributed by atoms with Crippen molar-refractivity contribution < 1.29 is 4.79 Å². The summed E-state index contributed by atoms with van der Waals surface area (Å²) in [6, 6.07) is 34.9. The van der Waals surface area contributed by atoms with Crippen molar-refractivity contribution in [3.8, 4) is 0 Å². The number of aromatic nitrogens is 2. The minimum absolute atomic E-state index is 0.185. The molecular weight excluding hydrogens is 532 g/mol. The van der Waals surface area contributed by atoms with Gasteiger partial charge in [-0.05, 0) is 73.7 Å². The molecule has 7 rings (SSSR count). The normalized spacial score (nSPS) is 16.7. The van der Waals surface area contributed by atoms with Gasteiger partial charge in [0.15, 0.2) is 11.6 Å². The smallest absolute Gasteiger partial charge is 0.277 e. The Morgan fingerprint density at radius 3 is 1.78 bits per heavy atom. The molecule has 2 aliphatic heterocycles. The van der Waals surface area contributed by atoms with Crippen molar-refractivity contribution in [1.29, 1.82) is 0 Å². The van der Waals surface area contributed by atoms with Gasteiger partial charge in [-0.1, -0.05) is 66.2 Å². The monoisotopic (exact) mass is 554 g/mol. The molecule has 0 unspecified atom stereocenters. The van der Waals surface area contributed by atoms with Crippen molar-refractivity contribution in [3.63, 3.8) is 0 Å². The Bertz CT molecular complexity index is 1890. The number of hydrogen-bond donors (Lipinski definition) is 0. The van der Waals surface area contributed by atoms with Crippen LogP contribution in [0.5, 0.6) is 0 Å². The highest BCUT2D eigenvalue weighted by atomic mass is 35.5. The van der Waals surface area contributed by atoms with E-state index in [1.54, 1.807) is 0 Å². The standard InChI is InChI=1S/C33H23ClN6O/c1-22-27(33(41)40(37-22)26-15-9-4-10-16-26)18-20-30-38(24-11-5-2-6-12-24)31-32(39(30)25-13-7-3-8-14-25)36-29-21-23(34)17-19-28(29)35-31/h2-21H,1H3/b27-18+,30-20-. The number of fused-ring (bicyclic) bond motifs is 2. The zero-order chi connectivity index (χ0) is 27.9. The first-order chi connectivity index (χ1) is 20.1. The third-order valence-electron chi connectivity index (χ3n) is 6.96. The van der Waals surface area contributed by atoms with Crippen LogP contribution in [0.1, 0.15) is 6.92 Å². The summed E-state index contributed by atoms with van der Waals surface area (Å²) in [6.07, 6.45) is 3.76.